The molecule has 1 unspecified atom stereocenters. The van der Waals surface area contributed by atoms with Gasteiger partial charge in [-0.15, -0.1) is 0 Å². The van der Waals surface area contributed by atoms with Crippen molar-refractivity contribution < 1.29 is 4.74 Å². The Kier molecular flexibility index (Phi) is 8.50. The van der Waals surface area contributed by atoms with Crippen molar-refractivity contribution in [2.75, 3.05) is 33.8 Å². The molecule has 1 aliphatic heterocycles. The lowest BCUT2D eigenvalue weighted by molar-refractivity contribution is 0.139. The molecular formula is C22H36N2O. The number of likely N-dealkylation sites (tertiary alicyclic amines) is 1. The second-order valence-corrected chi connectivity index (χ2v) is 7.32. The summed E-state index contributed by atoms with van der Waals surface area (Å²) in [5, 5.41) is 3.19. The number of nitrogens with zero attached hydrogens (tertiary/aromatic N) is 1. The van der Waals surface area contributed by atoms with E-state index in [-0.39, 0.29) is 0 Å². The van der Waals surface area contributed by atoms with Crippen LogP contribution >= 0.6 is 0 Å². The molecule has 1 heterocycles. The maximum Gasteiger partial charge on any atom is 0.118 e. The average molecular weight is 345 g/mol. The number of hydrogen-bond donors (Lipinski definition) is 1. The minimum absolute atomic E-state index is 0.704. The maximum absolute atomic E-state index is 5.27. The van der Waals surface area contributed by atoms with Crippen molar-refractivity contribution in [2.24, 2.45) is 0 Å². The number of methoxy groups -OCH3 is 1. The van der Waals surface area contributed by atoms with E-state index in [1.807, 2.05) is 7.05 Å². The van der Waals surface area contributed by atoms with Crippen molar-refractivity contribution in [3.05, 3.63) is 42.0 Å². The molecule has 2 rings (SSSR count). The minimum Gasteiger partial charge on any atom is -0.497 e. The average Bonchev–Trinajstić information content (AvgIpc) is 2.66. The molecular weight excluding hydrogens is 308 g/mol. The van der Waals surface area contributed by atoms with Crippen LogP contribution in [-0.2, 0) is 0 Å². The van der Waals surface area contributed by atoms with Crippen LogP contribution in [0.25, 0.3) is 0 Å². The van der Waals surface area contributed by atoms with Crippen LogP contribution in [0.2, 0.25) is 0 Å². The number of piperidine rings is 1. The van der Waals surface area contributed by atoms with E-state index in [2.05, 4.69) is 48.0 Å². The highest BCUT2D eigenvalue weighted by Crippen LogP contribution is 2.31. The summed E-state index contributed by atoms with van der Waals surface area (Å²) in [6.07, 6.45) is 7.51. The van der Waals surface area contributed by atoms with E-state index in [1.165, 1.54) is 56.3 Å². The van der Waals surface area contributed by atoms with Gasteiger partial charge in [-0.25, -0.2) is 0 Å². The number of likely N-dealkylation sites (N-methyl/N-ethyl adjacent to an activating group) is 1. The largest absolute Gasteiger partial charge is 0.497 e. The Morgan fingerprint density at radius 2 is 1.96 bits per heavy atom. The summed E-state index contributed by atoms with van der Waals surface area (Å²) in [5.74, 6) is 1.65. The number of benzene rings is 1. The van der Waals surface area contributed by atoms with Gasteiger partial charge >= 0.3 is 0 Å². The van der Waals surface area contributed by atoms with Gasteiger partial charge in [0.25, 0.3) is 0 Å². The van der Waals surface area contributed by atoms with E-state index in [4.69, 9.17) is 4.74 Å². The summed E-state index contributed by atoms with van der Waals surface area (Å²) in [4.78, 5) is 2.72. The lowest BCUT2D eigenvalue weighted by Gasteiger charge is -2.37. The molecule has 3 nitrogen and oxygen atoms in total. The van der Waals surface area contributed by atoms with Gasteiger partial charge in [0.05, 0.1) is 7.11 Å². The molecule has 0 aromatic heterocycles. The highest BCUT2D eigenvalue weighted by atomic mass is 16.5. The van der Waals surface area contributed by atoms with Crippen LogP contribution in [0.15, 0.2) is 36.4 Å². The predicted octanol–water partition coefficient (Wildman–Crippen LogP) is 4.60. The summed E-state index contributed by atoms with van der Waals surface area (Å²) in [7, 11) is 3.72. The van der Waals surface area contributed by atoms with Crippen LogP contribution in [0.1, 0.15) is 56.9 Å². The van der Waals surface area contributed by atoms with Gasteiger partial charge in [0, 0.05) is 12.6 Å². The summed E-state index contributed by atoms with van der Waals surface area (Å²) >= 11 is 0. The molecule has 3 heteroatoms. The minimum atomic E-state index is 0.704. The van der Waals surface area contributed by atoms with Gasteiger partial charge in [-0.2, -0.15) is 0 Å². The second-order valence-electron chi connectivity index (χ2n) is 7.32. The first-order valence-corrected chi connectivity index (χ1v) is 9.87. The van der Waals surface area contributed by atoms with Gasteiger partial charge in [-0.3, -0.25) is 0 Å². The molecule has 1 fully saturated rings. The van der Waals surface area contributed by atoms with Crippen molar-refractivity contribution >= 4 is 0 Å². The topological polar surface area (TPSA) is 24.5 Å². The Bertz CT molecular complexity index is 503. The fourth-order valence-corrected chi connectivity index (χ4v) is 4.04. The zero-order valence-corrected chi connectivity index (χ0v) is 16.4. The molecule has 1 atom stereocenters. The van der Waals surface area contributed by atoms with Crippen LogP contribution in [0.3, 0.4) is 0 Å². The zero-order chi connectivity index (χ0) is 18.1. The normalized spacial score (nSPS) is 17.4. The van der Waals surface area contributed by atoms with Gasteiger partial charge in [-0.05, 0) is 82.3 Å². The molecule has 0 amide bonds. The molecule has 0 aliphatic carbocycles. The van der Waals surface area contributed by atoms with Crippen molar-refractivity contribution in [2.45, 2.75) is 57.4 Å². The molecule has 0 saturated carbocycles. The van der Waals surface area contributed by atoms with E-state index in [0.29, 0.717) is 5.92 Å². The SMILES string of the molecule is C=C(CCCC(CC)N1CCC(c2ccc(OC)cc2)CC1)CNC. The summed E-state index contributed by atoms with van der Waals surface area (Å²) in [6, 6.07) is 9.40. The van der Waals surface area contributed by atoms with E-state index >= 15 is 0 Å². The number of hydrogen-bond acceptors (Lipinski definition) is 3. The third-order valence-electron chi connectivity index (χ3n) is 5.60. The summed E-state index contributed by atoms with van der Waals surface area (Å²) in [6.45, 7) is 9.89. The van der Waals surface area contributed by atoms with Crippen LogP contribution in [0.5, 0.6) is 5.75 Å². The van der Waals surface area contributed by atoms with Crippen molar-refractivity contribution in [3.63, 3.8) is 0 Å². The molecule has 0 bridgehead atoms. The van der Waals surface area contributed by atoms with Crippen LogP contribution < -0.4 is 10.1 Å². The van der Waals surface area contributed by atoms with E-state index in [1.54, 1.807) is 7.11 Å². The Morgan fingerprint density at radius 1 is 1.28 bits per heavy atom. The molecule has 1 aliphatic rings. The third-order valence-corrected chi connectivity index (χ3v) is 5.60. The molecule has 0 radical (unpaired) electrons. The third kappa shape index (κ3) is 6.16. The van der Waals surface area contributed by atoms with Gasteiger partial charge in [0.2, 0.25) is 0 Å². The monoisotopic (exact) mass is 344 g/mol. The van der Waals surface area contributed by atoms with Gasteiger partial charge in [0.15, 0.2) is 0 Å². The first kappa shape index (κ1) is 20.0. The molecule has 1 N–H and O–H groups in total. The Morgan fingerprint density at radius 3 is 2.52 bits per heavy atom. The predicted molar refractivity (Wildman–Crippen MR) is 108 cm³/mol. The summed E-state index contributed by atoms with van der Waals surface area (Å²) in [5.41, 5.74) is 2.80. The highest BCUT2D eigenvalue weighted by Gasteiger charge is 2.24. The standard InChI is InChI=1S/C22H36N2O/c1-5-21(8-6-7-18(2)17-23-3)24-15-13-20(14-16-24)19-9-11-22(25-4)12-10-19/h9-12,20-21,23H,2,5-8,13-17H2,1,3-4H3. The van der Waals surface area contributed by atoms with Crippen LogP contribution in [0.4, 0.5) is 0 Å². The van der Waals surface area contributed by atoms with Gasteiger partial charge in [0.1, 0.15) is 5.75 Å². The number of rotatable bonds is 10. The fraction of sp³-hybridized carbons (Fsp3) is 0.636. The maximum atomic E-state index is 5.27. The van der Waals surface area contributed by atoms with Crippen molar-refractivity contribution in [1.29, 1.82) is 0 Å². The quantitative estimate of drug-likeness (QED) is 0.628. The van der Waals surface area contributed by atoms with Crippen LogP contribution in [0, 0.1) is 0 Å². The molecule has 0 spiro atoms. The van der Waals surface area contributed by atoms with Crippen molar-refractivity contribution in [3.8, 4) is 5.75 Å². The Balaban J connectivity index is 1.77. The van der Waals surface area contributed by atoms with E-state index < -0.39 is 0 Å². The lowest BCUT2D eigenvalue weighted by atomic mass is 9.88. The second kappa shape index (κ2) is 10.6. The Hall–Kier alpha value is -1.32. The molecule has 25 heavy (non-hydrogen) atoms. The Labute approximate surface area is 154 Å². The first-order chi connectivity index (χ1) is 12.2. The zero-order valence-electron chi connectivity index (χ0n) is 16.4. The van der Waals surface area contributed by atoms with Gasteiger partial charge in [-0.1, -0.05) is 31.2 Å². The number of ether oxygens (including phenoxy) is 1. The van der Waals surface area contributed by atoms with E-state index in [0.717, 1.165) is 24.8 Å². The summed E-state index contributed by atoms with van der Waals surface area (Å²) < 4.78 is 5.27. The van der Waals surface area contributed by atoms with Gasteiger partial charge < -0.3 is 15.0 Å². The van der Waals surface area contributed by atoms with Crippen molar-refractivity contribution in [1.82, 2.24) is 10.2 Å². The van der Waals surface area contributed by atoms with E-state index in [9.17, 15) is 0 Å². The molecule has 1 aromatic rings. The number of nitrogens with one attached hydrogen (secondary N) is 1. The molecule has 1 saturated heterocycles. The fourth-order valence-electron chi connectivity index (χ4n) is 4.04. The molecule has 1 aromatic carbocycles. The first-order valence-electron chi connectivity index (χ1n) is 9.87. The van der Waals surface area contributed by atoms with Crippen LogP contribution in [-0.4, -0.2) is 44.7 Å². The lowest BCUT2D eigenvalue weighted by Crippen LogP contribution is -2.40. The molecule has 140 valence electrons. The smallest absolute Gasteiger partial charge is 0.118 e. The highest BCUT2D eigenvalue weighted by molar-refractivity contribution is 5.29.